The van der Waals surface area contributed by atoms with Crippen molar-refractivity contribution < 1.29 is 14.7 Å². The topological polar surface area (TPSA) is 92.4 Å². The van der Waals surface area contributed by atoms with Gasteiger partial charge in [-0.1, -0.05) is 13.8 Å². The summed E-state index contributed by atoms with van der Waals surface area (Å²) in [6.45, 7) is 4.82. The molecule has 0 heterocycles. The maximum Gasteiger partial charge on any atom is 0.321 e. The average molecular weight is 216 g/mol. The maximum atomic E-state index is 10.7. The van der Waals surface area contributed by atoms with Crippen molar-refractivity contribution in [2.45, 2.75) is 39.2 Å². The lowest BCUT2D eigenvalue weighted by atomic mass is 10.1. The van der Waals surface area contributed by atoms with Gasteiger partial charge in [-0.2, -0.15) is 0 Å². The van der Waals surface area contributed by atoms with Crippen molar-refractivity contribution in [1.82, 2.24) is 5.32 Å². The standard InChI is InChI=1S/C10H20N2O3/c1-7(2)4-3-5-12-8(10(14)15)6-9(11)13/h7-8,12H,3-6H2,1-2H3,(H2,11,13)(H,14,15)/t8-/m0/s1. The molecule has 4 N–H and O–H groups in total. The number of nitrogens with one attached hydrogen (secondary N) is 1. The summed E-state index contributed by atoms with van der Waals surface area (Å²) in [5.74, 6) is -1.02. The van der Waals surface area contributed by atoms with Gasteiger partial charge in [-0.3, -0.25) is 9.59 Å². The van der Waals surface area contributed by atoms with Crippen LogP contribution in [0.25, 0.3) is 0 Å². The molecular weight excluding hydrogens is 196 g/mol. The van der Waals surface area contributed by atoms with Crippen LogP contribution in [0.4, 0.5) is 0 Å². The van der Waals surface area contributed by atoms with Crippen molar-refractivity contribution in [3.8, 4) is 0 Å². The van der Waals surface area contributed by atoms with Crippen LogP contribution in [-0.4, -0.2) is 29.6 Å². The first-order valence-corrected chi connectivity index (χ1v) is 5.18. The predicted octanol–water partition coefficient (Wildman–Crippen LogP) is 0.341. The molecule has 5 heteroatoms. The Labute approximate surface area is 90.0 Å². The number of hydrogen-bond donors (Lipinski definition) is 3. The second-order valence-corrected chi connectivity index (χ2v) is 4.05. The molecule has 0 bridgehead atoms. The summed E-state index contributed by atoms with van der Waals surface area (Å²) in [6, 6.07) is -0.852. The lowest BCUT2D eigenvalue weighted by molar-refractivity contribution is -0.141. The highest BCUT2D eigenvalue weighted by Crippen LogP contribution is 2.02. The van der Waals surface area contributed by atoms with Gasteiger partial charge in [0.1, 0.15) is 6.04 Å². The largest absolute Gasteiger partial charge is 0.480 e. The zero-order valence-corrected chi connectivity index (χ0v) is 9.32. The number of rotatable bonds is 8. The van der Waals surface area contributed by atoms with E-state index in [9.17, 15) is 9.59 Å². The molecule has 5 nitrogen and oxygen atoms in total. The zero-order chi connectivity index (χ0) is 11.8. The molecule has 0 radical (unpaired) electrons. The van der Waals surface area contributed by atoms with Crippen LogP contribution in [0.1, 0.15) is 33.1 Å². The number of hydrogen-bond acceptors (Lipinski definition) is 3. The first-order chi connectivity index (χ1) is 6.93. The van der Waals surface area contributed by atoms with E-state index in [2.05, 4.69) is 19.2 Å². The number of nitrogens with two attached hydrogens (primary N) is 1. The fourth-order valence-electron chi connectivity index (χ4n) is 1.23. The van der Waals surface area contributed by atoms with Gasteiger partial charge >= 0.3 is 5.97 Å². The van der Waals surface area contributed by atoms with E-state index in [1.165, 1.54) is 0 Å². The highest BCUT2D eigenvalue weighted by Gasteiger charge is 2.18. The molecule has 1 atom stereocenters. The average Bonchev–Trinajstić information content (AvgIpc) is 2.08. The maximum absolute atomic E-state index is 10.7. The lowest BCUT2D eigenvalue weighted by Gasteiger charge is -2.12. The second kappa shape index (κ2) is 7.23. The SMILES string of the molecule is CC(C)CCCN[C@@H](CC(N)=O)C(=O)O. The second-order valence-electron chi connectivity index (χ2n) is 4.05. The summed E-state index contributed by atoms with van der Waals surface area (Å²) in [4.78, 5) is 21.3. The van der Waals surface area contributed by atoms with Crippen molar-refractivity contribution in [2.24, 2.45) is 11.7 Å². The summed E-state index contributed by atoms with van der Waals surface area (Å²) >= 11 is 0. The van der Waals surface area contributed by atoms with E-state index in [0.717, 1.165) is 12.8 Å². The fourth-order valence-corrected chi connectivity index (χ4v) is 1.23. The van der Waals surface area contributed by atoms with Gasteiger partial charge in [0.25, 0.3) is 0 Å². The molecular formula is C10H20N2O3. The van der Waals surface area contributed by atoms with Crippen molar-refractivity contribution in [1.29, 1.82) is 0 Å². The van der Waals surface area contributed by atoms with Crippen LogP contribution in [-0.2, 0) is 9.59 Å². The van der Waals surface area contributed by atoms with Crippen LogP contribution in [0.2, 0.25) is 0 Å². The Kier molecular flexibility index (Phi) is 6.70. The monoisotopic (exact) mass is 216 g/mol. The molecule has 0 aliphatic carbocycles. The van der Waals surface area contributed by atoms with E-state index in [1.807, 2.05) is 0 Å². The summed E-state index contributed by atoms with van der Waals surface area (Å²) in [5.41, 5.74) is 4.94. The molecule has 15 heavy (non-hydrogen) atoms. The predicted molar refractivity (Wildman–Crippen MR) is 57.3 cm³/mol. The van der Waals surface area contributed by atoms with E-state index in [0.29, 0.717) is 12.5 Å². The number of aliphatic carboxylic acids is 1. The van der Waals surface area contributed by atoms with Gasteiger partial charge in [-0.15, -0.1) is 0 Å². The van der Waals surface area contributed by atoms with E-state index >= 15 is 0 Å². The van der Waals surface area contributed by atoms with Gasteiger partial charge in [0, 0.05) is 0 Å². The molecule has 0 aromatic heterocycles. The molecule has 0 aromatic rings. The Balaban J connectivity index is 3.77. The molecule has 0 saturated heterocycles. The molecule has 0 unspecified atom stereocenters. The molecule has 0 rings (SSSR count). The number of primary amides is 1. The van der Waals surface area contributed by atoms with Gasteiger partial charge in [-0.25, -0.2) is 0 Å². The minimum atomic E-state index is -1.03. The number of carboxylic acid groups (broad SMARTS) is 1. The van der Waals surface area contributed by atoms with Crippen molar-refractivity contribution in [2.75, 3.05) is 6.54 Å². The van der Waals surface area contributed by atoms with Gasteiger partial charge in [0.15, 0.2) is 0 Å². The Hall–Kier alpha value is -1.10. The Morgan fingerprint density at radius 2 is 2.00 bits per heavy atom. The van der Waals surface area contributed by atoms with Crippen molar-refractivity contribution in [3.63, 3.8) is 0 Å². The van der Waals surface area contributed by atoms with E-state index < -0.39 is 17.9 Å². The molecule has 88 valence electrons. The van der Waals surface area contributed by atoms with Gasteiger partial charge < -0.3 is 16.2 Å². The smallest absolute Gasteiger partial charge is 0.321 e. The third-order valence-electron chi connectivity index (χ3n) is 2.05. The summed E-state index contributed by atoms with van der Waals surface area (Å²) < 4.78 is 0. The van der Waals surface area contributed by atoms with Crippen LogP contribution >= 0.6 is 0 Å². The molecule has 0 saturated carbocycles. The zero-order valence-electron chi connectivity index (χ0n) is 9.32. The van der Waals surface area contributed by atoms with Gasteiger partial charge in [0.2, 0.25) is 5.91 Å². The number of carboxylic acids is 1. The molecule has 0 aliphatic rings. The summed E-state index contributed by atoms with van der Waals surface area (Å²) in [6.07, 6.45) is 1.78. The quantitative estimate of drug-likeness (QED) is 0.510. The van der Waals surface area contributed by atoms with Gasteiger partial charge in [-0.05, 0) is 25.3 Å². The van der Waals surface area contributed by atoms with E-state index in [-0.39, 0.29) is 6.42 Å². The summed E-state index contributed by atoms with van der Waals surface area (Å²) in [7, 11) is 0. The van der Waals surface area contributed by atoms with Crippen LogP contribution in [0.3, 0.4) is 0 Å². The van der Waals surface area contributed by atoms with E-state index in [4.69, 9.17) is 10.8 Å². The third kappa shape index (κ3) is 7.93. The normalized spacial score (nSPS) is 12.7. The van der Waals surface area contributed by atoms with Crippen LogP contribution in [0.5, 0.6) is 0 Å². The summed E-state index contributed by atoms with van der Waals surface area (Å²) in [5, 5.41) is 11.6. The number of carbonyl (C=O) groups excluding carboxylic acids is 1. The highest BCUT2D eigenvalue weighted by molar-refractivity contribution is 5.83. The molecule has 0 spiro atoms. The van der Waals surface area contributed by atoms with E-state index in [1.54, 1.807) is 0 Å². The minimum absolute atomic E-state index is 0.156. The first-order valence-electron chi connectivity index (χ1n) is 5.18. The first kappa shape index (κ1) is 13.9. The van der Waals surface area contributed by atoms with Crippen LogP contribution < -0.4 is 11.1 Å². The van der Waals surface area contributed by atoms with Crippen LogP contribution in [0, 0.1) is 5.92 Å². The molecule has 0 fully saturated rings. The fraction of sp³-hybridized carbons (Fsp3) is 0.800. The van der Waals surface area contributed by atoms with Crippen molar-refractivity contribution >= 4 is 11.9 Å². The number of amides is 1. The Morgan fingerprint density at radius 1 is 1.40 bits per heavy atom. The minimum Gasteiger partial charge on any atom is -0.480 e. The Bertz CT molecular complexity index is 217. The third-order valence-corrected chi connectivity index (χ3v) is 2.05. The number of carbonyl (C=O) groups is 2. The highest BCUT2D eigenvalue weighted by atomic mass is 16.4. The Morgan fingerprint density at radius 3 is 2.40 bits per heavy atom. The van der Waals surface area contributed by atoms with Gasteiger partial charge in [0.05, 0.1) is 6.42 Å². The lowest BCUT2D eigenvalue weighted by Crippen LogP contribution is -2.40. The molecule has 1 amide bonds. The van der Waals surface area contributed by atoms with Crippen LogP contribution in [0.15, 0.2) is 0 Å². The molecule has 0 aromatic carbocycles. The molecule has 0 aliphatic heterocycles. The van der Waals surface area contributed by atoms with Crippen molar-refractivity contribution in [3.05, 3.63) is 0 Å².